The Morgan fingerprint density at radius 3 is 2.58 bits per heavy atom. The van der Waals surface area contributed by atoms with Gasteiger partial charge in [0.25, 0.3) is 0 Å². The highest BCUT2D eigenvalue weighted by atomic mass is 31.0. The van der Waals surface area contributed by atoms with Crippen LogP contribution in [0.3, 0.4) is 0 Å². The summed E-state index contributed by atoms with van der Waals surface area (Å²) >= 11 is 0. The van der Waals surface area contributed by atoms with Crippen LogP contribution in [0.2, 0.25) is 0 Å². The van der Waals surface area contributed by atoms with Gasteiger partial charge < -0.3 is 4.74 Å². The van der Waals surface area contributed by atoms with Crippen LogP contribution in [0.15, 0.2) is 18.2 Å². The Balaban J connectivity index is 2.92. The second kappa shape index (κ2) is 3.91. The molecule has 0 saturated heterocycles. The van der Waals surface area contributed by atoms with Crippen molar-refractivity contribution in [3.8, 4) is 5.75 Å². The zero-order valence-electron chi connectivity index (χ0n) is 7.79. The van der Waals surface area contributed by atoms with E-state index in [1.165, 1.54) is 10.9 Å². The molecule has 0 heterocycles. The van der Waals surface area contributed by atoms with E-state index < -0.39 is 0 Å². The Hall–Kier alpha value is -0.550. The standard InChI is InChI=1S/C10H15OP/c1-7(2)11-9-5-4-6-10(12)8(9)3/h4-7H,12H2,1-3H3. The van der Waals surface area contributed by atoms with Crippen molar-refractivity contribution < 1.29 is 4.74 Å². The van der Waals surface area contributed by atoms with E-state index in [0.717, 1.165) is 5.75 Å². The molecule has 1 nitrogen and oxygen atoms in total. The first-order valence-corrected chi connectivity index (χ1v) is 4.70. The Labute approximate surface area is 76.3 Å². The predicted octanol–water partition coefficient (Wildman–Crippen LogP) is 2.28. The molecule has 2 heteroatoms. The summed E-state index contributed by atoms with van der Waals surface area (Å²) in [5, 5.41) is 1.20. The SMILES string of the molecule is Cc1c(P)cccc1OC(C)C. The average Bonchev–Trinajstić information content (AvgIpc) is 1.98. The third kappa shape index (κ3) is 2.22. The molecule has 0 aromatic heterocycles. The van der Waals surface area contributed by atoms with Gasteiger partial charge in [-0.1, -0.05) is 12.1 Å². The van der Waals surface area contributed by atoms with Crippen LogP contribution < -0.4 is 10.0 Å². The van der Waals surface area contributed by atoms with Crippen LogP contribution in [0.5, 0.6) is 5.75 Å². The smallest absolute Gasteiger partial charge is 0.123 e. The molecule has 0 saturated carbocycles. The fraction of sp³-hybridized carbons (Fsp3) is 0.400. The van der Waals surface area contributed by atoms with Crippen molar-refractivity contribution in [1.29, 1.82) is 0 Å². The topological polar surface area (TPSA) is 9.23 Å². The lowest BCUT2D eigenvalue weighted by molar-refractivity contribution is 0.241. The molecule has 12 heavy (non-hydrogen) atoms. The van der Waals surface area contributed by atoms with Crippen molar-refractivity contribution in [1.82, 2.24) is 0 Å². The molecule has 1 aromatic carbocycles. The number of benzene rings is 1. The maximum Gasteiger partial charge on any atom is 0.123 e. The molecule has 66 valence electrons. The van der Waals surface area contributed by atoms with E-state index >= 15 is 0 Å². The monoisotopic (exact) mass is 182 g/mol. The highest BCUT2D eigenvalue weighted by molar-refractivity contribution is 7.27. The molecular weight excluding hydrogens is 167 g/mol. The summed E-state index contributed by atoms with van der Waals surface area (Å²) in [5.74, 6) is 0.984. The molecule has 0 spiro atoms. The Morgan fingerprint density at radius 2 is 2.00 bits per heavy atom. The first kappa shape index (κ1) is 9.54. The van der Waals surface area contributed by atoms with Crippen LogP contribution in [0.4, 0.5) is 0 Å². The highest BCUT2D eigenvalue weighted by Gasteiger charge is 2.02. The Morgan fingerprint density at radius 1 is 1.33 bits per heavy atom. The van der Waals surface area contributed by atoms with Crippen LogP contribution in [-0.4, -0.2) is 6.10 Å². The lowest BCUT2D eigenvalue weighted by Crippen LogP contribution is -2.09. The van der Waals surface area contributed by atoms with Crippen LogP contribution in [-0.2, 0) is 0 Å². The van der Waals surface area contributed by atoms with E-state index in [2.05, 4.69) is 22.2 Å². The van der Waals surface area contributed by atoms with Gasteiger partial charge in [0.2, 0.25) is 0 Å². The van der Waals surface area contributed by atoms with Crippen LogP contribution in [0.1, 0.15) is 19.4 Å². The molecule has 0 N–H and O–H groups in total. The van der Waals surface area contributed by atoms with E-state index in [9.17, 15) is 0 Å². The maximum absolute atomic E-state index is 5.61. The maximum atomic E-state index is 5.61. The van der Waals surface area contributed by atoms with Crippen molar-refractivity contribution in [3.05, 3.63) is 23.8 Å². The van der Waals surface area contributed by atoms with Crippen molar-refractivity contribution >= 4 is 14.5 Å². The summed E-state index contributed by atoms with van der Waals surface area (Å²) < 4.78 is 5.61. The van der Waals surface area contributed by atoms with E-state index in [0.29, 0.717) is 0 Å². The van der Waals surface area contributed by atoms with Gasteiger partial charge in [-0.3, -0.25) is 0 Å². The van der Waals surface area contributed by atoms with Gasteiger partial charge in [-0.25, -0.2) is 0 Å². The summed E-state index contributed by atoms with van der Waals surface area (Å²) in [6.07, 6.45) is 0.246. The van der Waals surface area contributed by atoms with Gasteiger partial charge in [-0.05, 0) is 37.7 Å². The van der Waals surface area contributed by atoms with E-state index in [1.807, 2.05) is 26.0 Å². The molecule has 1 aromatic rings. The predicted molar refractivity (Wildman–Crippen MR) is 56.3 cm³/mol. The summed E-state index contributed by atoms with van der Waals surface area (Å²) in [5.41, 5.74) is 1.20. The summed E-state index contributed by atoms with van der Waals surface area (Å²) in [4.78, 5) is 0. The van der Waals surface area contributed by atoms with E-state index in [1.54, 1.807) is 0 Å². The van der Waals surface area contributed by atoms with Gasteiger partial charge in [-0.2, -0.15) is 0 Å². The summed E-state index contributed by atoms with van der Waals surface area (Å²) in [6.45, 7) is 6.14. The second-order valence-electron chi connectivity index (χ2n) is 3.14. The van der Waals surface area contributed by atoms with Gasteiger partial charge >= 0.3 is 0 Å². The fourth-order valence-corrected chi connectivity index (χ4v) is 1.27. The molecule has 0 bridgehead atoms. The third-order valence-corrected chi connectivity index (χ3v) is 2.31. The molecule has 0 amide bonds. The lowest BCUT2D eigenvalue weighted by Gasteiger charge is -2.13. The molecule has 0 aliphatic heterocycles. The Kier molecular flexibility index (Phi) is 3.11. The minimum Gasteiger partial charge on any atom is -0.491 e. The number of hydrogen-bond acceptors (Lipinski definition) is 1. The molecule has 0 fully saturated rings. The number of rotatable bonds is 2. The zero-order valence-corrected chi connectivity index (χ0v) is 8.95. The molecule has 0 aliphatic carbocycles. The number of ether oxygens (including phenoxy) is 1. The number of hydrogen-bond donors (Lipinski definition) is 0. The zero-order chi connectivity index (χ0) is 9.14. The van der Waals surface area contributed by atoms with Crippen molar-refractivity contribution in [2.24, 2.45) is 0 Å². The van der Waals surface area contributed by atoms with Crippen LogP contribution in [0, 0.1) is 6.92 Å². The molecule has 1 atom stereocenters. The summed E-state index contributed by atoms with van der Waals surface area (Å²) in [6, 6.07) is 6.07. The average molecular weight is 182 g/mol. The highest BCUT2D eigenvalue weighted by Crippen LogP contribution is 2.17. The van der Waals surface area contributed by atoms with Gasteiger partial charge in [-0.15, -0.1) is 9.24 Å². The molecular formula is C10H15OP. The van der Waals surface area contributed by atoms with Crippen molar-refractivity contribution in [2.45, 2.75) is 26.9 Å². The van der Waals surface area contributed by atoms with Gasteiger partial charge in [0.15, 0.2) is 0 Å². The lowest BCUT2D eigenvalue weighted by atomic mass is 10.2. The quantitative estimate of drug-likeness (QED) is 0.637. The summed E-state index contributed by atoms with van der Waals surface area (Å²) in [7, 11) is 2.70. The minimum absolute atomic E-state index is 0.246. The van der Waals surface area contributed by atoms with Crippen LogP contribution in [0.25, 0.3) is 0 Å². The fourth-order valence-electron chi connectivity index (χ4n) is 1.01. The van der Waals surface area contributed by atoms with Gasteiger partial charge in [0.1, 0.15) is 5.75 Å². The molecule has 0 aliphatic rings. The van der Waals surface area contributed by atoms with Crippen molar-refractivity contribution in [3.63, 3.8) is 0 Å². The van der Waals surface area contributed by atoms with Gasteiger partial charge in [0.05, 0.1) is 6.10 Å². The van der Waals surface area contributed by atoms with Crippen LogP contribution >= 0.6 is 9.24 Å². The van der Waals surface area contributed by atoms with Crippen molar-refractivity contribution in [2.75, 3.05) is 0 Å². The van der Waals surface area contributed by atoms with Gasteiger partial charge in [0, 0.05) is 0 Å². The molecule has 1 rings (SSSR count). The molecule has 1 unspecified atom stereocenters. The largest absolute Gasteiger partial charge is 0.491 e. The Bertz CT molecular complexity index is 269. The first-order chi connectivity index (χ1) is 5.61. The first-order valence-electron chi connectivity index (χ1n) is 4.13. The molecule has 0 radical (unpaired) electrons. The third-order valence-electron chi connectivity index (χ3n) is 1.69. The van der Waals surface area contributed by atoms with E-state index in [-0.39, 0.29) is 6.10 Å². The minimum atomic E-state index is 0.246. The second-order valence-corrected chi connectivity index (χ2v) is 3.76. The van der Waals surface area contributed by atoms with E-state index in [4.69, 9.17) is 4.74 Å². The normalized spacial score (nSPS) is 10.4.